The van der Waals surface area contributed by atoms with Crippen molar-refractivity contribution in [1.82, 2.24) is 19.7 Å². The topological polar surface area (TPSA) is 81.9 Å². The molecule has 0 fully saturated rings. The molecular weight excluding hydrogens is 406 g/mol. The molecule has 0 saturated heterocycles. The standard InChI is InChI=1S/C20H23N5O2S2/c1-5-9-25-17(12-27-16-7-6-13(2)11-14(16)3)23-24-20(25)29-15(4)18(26)22-19-21-8-10-28-19/h5-8,10-11,15H,1,9,12H2,2-4H3,(H,21,22,26). The number of thiazole rings is 1. The van der Waals surface area contributed by atoms with Crippen molar-refractivity contribution in [3.8, 4) is 5.75 Å². The van der Waals surface area contributed by atoms with Gasteiger partial charge in [0.15, 0.2) is 16.1 Å². The molecule has 0 saturated carbocycles. The summed E-state index contributed by atoms with van der Waals surface area (Å²) >= 11 is 2.72. The van der Waals surface area contributed by atoms with Crippen LogP contribution in [0.5, 0.6) is 5.75 Å². The van der Waals surface area contributed by atoms with E-state index in [-0.39, 0.29) is 17.8 Å². The molecule has 2 heterocycles. The Kier molecular flexibility index (Phi) is 7.05. The lowest BCUT2D eigenvalue weighted by molar-refractivity contribution is -0.115. The SMILES string of the molecule is C=CCn1c(COc2ccc(C)cc2C)nnc1SC(C)C(=O)Nc1nccs1. The van der Waals surface area contributed by atoms with E-state index in [4.69, 9.17) is 4.74 Å². The molecule has 0 radical (unpaired) electrons. The molecule has 152 valence electrons. The number of nitrogens with zero attached hydrogens (tertiary/aromatic N) is 4. The molecule has 3 rings (SSSR count). The molecule has 2 aromatic heterocycles. The zero-order valence-electron chi connectivity index (χ0n) is 16.6. The predicted molar refractivity (Wildman–Crippen MR) is 117 cm³/mol. The van der Waals surface area contributed by atoms with Crippen molar-refractivity contribution in [2.45, 2.75) is 44.3 Å². The van der Waals surface area contributed by atoms with E-state index in [0.717, 1.165) is 11.3 Å². The Labute approximate surface area is 178 Å². The van der Waals surface area contributed by atoms with Gasteiger partial charge in [0.05, 0.1) is 5.25 Å². The smallest absolute Gasteiger partial charge is 0.239 e. The lowest BCUT2D eigenvalue weighted by Gasteiger charge is -2.13. The van der Waals surface area contributed by atoms with Crippen LogP contribution in [0.4, 0.5) is 5.13 Å². The Morgan fingerprint density at radius 2 is 2.24 bits per heavy atom. The van der Waals surface area contributed by atoms with Gasteiger partial charge in [0.1, 0.15) is 12.4 Å². The number of nitrogens with one attached hydrogen (secondary N) is 1. The van der Waals surface area contributed by atoms with E-state index in [0.29, 0.717) is 22.7 Å². The first-order valence-electron chi connectivity index (χ1n) is 9.08. The number of rotatable bonds is 9. The summed E-state index contributed by atoms with van der Waals surface area (Å²) in [5, 5.41) is 14.0. The van der Waals surface area contributed by atoms with Crippen LogP contribution >= 0.6 is 23.1 Å². The predicted octanol–water partition coefficient (Wildman–Crippen LogP) is 4.24. The second-order valence-corrected chi connectivity index (χ2v) is 8.64. The van der Waals surface area contributed by atoms with Crippen LogP contribution < -0.4 is 10.1 Å². The highest BCUT2D eigenvalue weighted by Gasteiger charge is 2.21. The first-order valence-corrected chi connectivity index (χ1v) is 10.8. The summed E-state index contributed by atoms with van der Waals surface area (Å²) in [6.45, 7) is 10.5. The van der Waals surface area contributed by atoms with E-state index in [1.54, 1.807) is 12.3 Å². The molecule has 1 atom stereocenters. The lowest BCUT2D eigenvalue weighted by Crippen LogP contribution is -2.23. The number of aryl methyl sites for hydroxylation is 2. The minimum Gasteiger partial charge on any atom is -0.485 e. The maximum atomic E-state index is 12.4. The zero-order valence-corrected chi connectivity index (χ0v) is 18.2. The van der Waals surface area contributed by atoms with E-state index in [2.05, 4.69) is 33.1 Å². The molecular formula is C20H23N5O2S2. The van der Waals surface area contributed by atoms with Gasteiger partial charge in [-0.15, -0.1) is 28.1 Å². The van der Waals surface area contributed by atoms with Gasteiger partial charge in [0.25, 0.3) is 0 Å². The highest BCUT2D eigenvalue weighted by molar-refractivity contribution is 8.00. The number of hydrogen-bond donors (Lipinski definition) is 1. The molecule has 3 aromatic rings. The summed E-state index contributed by atoms with van der Waals surface area (Å²) in [6.07, 6.45) is 3.43. The fourth-order valence-corrected chi connectivity index (χ4v) is 4.04. The molecule has 1 aromatic carbocycles. The minimum atomic E-state index is -0.361. The van der Waals surface area contributed by atoms with Gasteiger partial charge >= 0.3 is 0 Å². The Hall–Kier alpha value is -2.65. The van der Waals surface area contributed by atoms with Crippen molar-refractivity contribution < 1.29 is 9.53 Å². The quantitative estimate of drug-likeness (QED) is 0.405. The molecule has 0 bridgehead atoms. The molecule has 1 unspecified atom stereocenters. The van der Waals surface area contributed by atoms with Gasteiger partial charge in [0, 0.05) is 18.1 Å². The third kappa shape index (κ3) is 5.45. The van der Waals surface area contributed by atoms with Crippen molar-refractivity contribution in [3.63, 3.8) is 0 Å². The maximum Gasteiger partial charge on any atom is 0.239 e. The van der Waals surface area contributed by atoms with Gasteiger partial charge in [-0.25, -0.2) is 4.98 Å². The van der Waals surface area contributed by atoms with Crippen LogP contribution in [0.3, 0.4) is 0 Å². The molecule has 1 N–H and O–H groups in total. The van der Waals surface area contributed by atoms with Crippen LogP contribution in [0.2, 0.25) is 0 Å². The van der Waals surface area contributed by atoms with Crippen molar-refractivity contribution >= 4 is 34.1 Å². The van der Waals surface area contributed by atoms with Gasteiger partial charge in [-0.3, -0.25) is 9.36 Å². The fourth-order valence-electron chi connectivity index (χ4n) is 2.63. The number of ether oxygens (including phenoxy) is 1. The highest BCUT2D eigenvalue weighted by Crippen LogP contribution is 2.25. The van der Waals surface area contributed by atoms with Gasteiger partial charge in [-0.2, -0.15) is 0 Å². The second kappa shape index (κ2) is 9.71. The summed E-state index contributed by atoms with van der Waals surface area (Å²) in [6, 6.07) is 6.05. The maximum absolute atomic E-state index is 12.4. The first-order chi connectivity index (χ1) is 14.0. The average Bonchev–Trinajstić information content (AvgIpc) is 3.32. The molecule has 0 aliphatic rings. The normalized spacial score (nSPS) is 11.8. The van der Waals surface area contributed by atoms with Gasteiger partial charge in [-0.05, 0) is 32.4 Å². The van der Waals surface area contributed by atoms with Crippen molar-refractivity contribution in [1.29, 1.82) is 0 Å². The van der Waals surface area contributed by atoms with E-state index in [1.807, 2.05) is 42.9 Å². The Balaban J connectivity index is 1.68. The third-order valence-electron chi connectivity index (χ3n) is 4.11. The summed E-state index contributed by atoms with van der Waals surface area (Å²) in [5.41, 5.74) is 2.26. The average molecular weight is 430 g/mol. The Morgan fingerprint density at radius 1 is 1.41 bits per heavy atom. The number of hydrogen-bond acceptors (Lipinski definition) is 7. The van der Waals surface area contributed by atoms with E-state index < -0.39 is 0 Å². The third-order valence-corrected chi connectivity index (χ3v) is 5.88. The van der Waals surface area contributed by atoms with Crippen molar-refractivity contribution in [3.05, 3.63) is 59.4 Å². The van der Waals surface area contributed by atoms with Crippen LogP contribution in [0, 0.1) is 13.8 Å². The number of aromatic nitrogens is 4. The molecule has 29 heavy (non-hydrogen) atoms. The van der Waals surface area contributed by atoms with Crippen LogP contribution in [0.1, 0.15) is 23.9 Å². The van der Waals surface area contributed by atoms with Crippen LogP contribution in [0.15, 0.2) is 47.6 Å². The number of amides is 1. The van der Waals surface area contributed by atoms with Gasteiger partial charge in [-0.1, -0.05) is 35.5 Å². The molecule has 0 aliphatic heterocycles. The molecule has 1 amide bonds. The Morgan fingerprint density at radius 3 is 2.93 bits per heavy atom. The number of carbonyl (C=O) groups is 1. The Bertz CT molecular complexity index is 985. The highest BCUT2D eigenvalue weighted by atomic mass is 32.2. The largest absolute Gasteiger partial charge is 0.485 e. The molecule has 0 spiro atoms. The summed E-state index contributed by atoms with van der Waals surface area (Å²) in [5.74, 6) is 1.36. The zero-order chi connectivity index (χ0) is 20.8. The lowest BCUT2D eigenvalue weighted by atomic mass is 10.1. The summed E-state index contributed by atoms with van der Waals surface area (Å²) in [4.78, 5) is 16.5. The van der Waals surface area contributed by atoms with Crippen LogP contribution in [-0.2, 0) is 17.9 Å². The molecule has 7 nitrogen and oxygen atoms in total. The number of benzene rings is 1. The fraction of sp³-hybridized carbons (Fsp3) is 0.300. The number of allylic oxidation sites excluding steroid dienone is 1. The second-order valence-electron chi connectivity index (χ2n) is 6.44. The molecule has 9 heteroatoms. The van der Waals surface area contributed by atoms with E-state index in [9.17, 15) is 4.79 Å². The van der Waals surface area contributed by atoms with Crippen molar-refractivity contribution in [2.75, 3.05) is 5.32 Å². The first kappa shape index (κ1) is 21.1. The van der Waals surface area contributed by atoms with Gasteiger partial charge in [0.2, 0.25) is 5.91 Å². The van der Waals surface area contributed by atoms with E-state index in [1.165, 1.54) is 28.7 Å². The number of thioether (sulfide) groups is 1. The van der Waals surface area contributed by atoms with E-state index >= 15 is 0 Å². The van der Waals surface area contributed by atoms with Crippen LogP contribution in [0.25, 0.3) is 0 Å². The summed E-state index contributed by atoms with van der Waals surface area (Å²) in [7, 11) is 0. The number of carbonyl (C=O) groups excluding carboxylic acids is 1. The van der Waals surface area contributed by atoms with Crippen molar-refractivity contribution in [2.24, 2.45) is 0 Å². The van der Waals surface area contributed by atoms with Gasteiger partial charge < -0.3 is 10.1 Å². The number of anilines is 1. The van der Waals surface area contributed by atoms with Crippen LogP contribution in [-0.4, -0.2) is 30.9 Å². The molecule has 0 aliphatic carbocycles. The monoisotopic (exact) mass is 429 g/mol. The summed E-state index contributed by atoms with van der Waals surface area (Å²) < 4.78 is 7.86. The minimum absolute atomic E-state index is 0.133.